The highest BCUT2D eigenvalue weighted by molar-refractivity contribution is 5.74. The number of hydrogen-bond donors (Lipinski definition) is 1. The Bertz CT molecular complexity index is 346. The molecule has 0 aliphatic heterocycles. The largest absolute Gasteiger partial charge is 0.504 e. The van der Waals surface area contributed by atoms with E-state index in [0.29, 0.717) is 18.6 Å². The number of esters is 1. The summed E-state index contributed by atoms with van der Waals surface area (Å²) in [5, 5.41) is 9.48. The smallest absolute Gasteiger partial charge is 0.311 e. The van der Waals surface area contributed by atoms with E-state index < -0.39 is 0 Å². The maximum absolute atomic E-state index is 11.2. The van der Waals surface area contributed by atoms with Crippen LogP contribution in [0.25, 0.3) is 0 Å². The summed E-state index contributed by atoms with van der Waals surface area (Å²) < 4.78 is 9.96. The highest BCUT2D eigenvalue weighted by atomic mass is 16.6. The summed E-state index contributed by atoms with van der Waals surface area (Å²) in [6, 6.07) is 4.68. The zero-order chi connectivity index (χ0) is 11.3. The number of phenolic OH excluding ortho intramolecular Hbond substituents is 1. The van der Waals surface area contributed by atoms with Crippen LogP contribution in [0.1, 0.15) is 19.8 Å². The summed E-state index contributed by atoms with van der Waals surface area (Å²) in [4.78, 5) is 11.2. The molecule has 1 N–H and O–H groups in total. The summed E-state index contributed by atoms with van der Waals surface area (Å²) in [6.07, 6.45) is 1.02. The van der Waals surface area contributed by atoms with Gasteiger partial charge >= 0.3 is 5.97 Å². The second-order valence-electron chi connectivity index (χ2n) is 3.03. The average Bonchev–Trinajstić information content (AvgIpc) is 2.21. The maximum Gasteiger partial charge on any atom is 0.311 e. The topological polar surface area (TPSA) is 55.8 Å². The van der Waals surface area contributed by atoms with Gasteiger partial charge in [0.1, 0.15) is 0 Å². The van der Waals surface area contributed by atoms with Crippen LogP contribution in [0.3, 0.4) is 0 Å². The Balaban J connectivity index is 2.87. The van der Waals surface area contributed by atoms with Crippen molar-refractivity contribution < 1.29 is 19.4 Å². The first-order valence-corrected chi connectivity index (χ1v) is 4.75. The first-order valence-electron chi connectivity index (χ1n) is 4.75. The first-order chi connectivity index (χ1) is 7.19. The first kappa shape index (κ1) is 11.4. The van der Waals surface area contributed by atoms with Crippen molar-refractivity contribution in [3.05, 3.63) is 18.2 Å². The summed E-state index contributed by atoms with van der Waals surface area (Å²) in [5.74, 6) is -0.0472. The molecule has 0 saturated heterocycles. The van der Waals surface area contributed by atoms with E-state index in [1.54, 1.807) is 12.1 Å². The van der Waals surface area contributed by atoms with Gasteiger partial charge in [0.15, 0.2) is 11.5 Å². The Morgan fingerprint density at radius 1 is 1.47 bits per heavy atom. The molecule has 1 aromatic carbocycles. The van der Waals surface area contributed by atoms with Crippen LogP contribution < -0.4 is 9.47 Å². The summed E-state index contributed by atoms with van der Waals surface area (Å²) in [6.45, 7) is 1.88. The quantitative estimate of drug-likeness (QED) is 0.610. The fourth-order valence-electron chi connectivity index (χ4n) is 1.14. The van der Waals surface area contributed by atoms with Gasteiger partial charge in [-0.1, -0.05) is 13.0 Å². The zero-order valence-electron chi connectivity index (χ0n) is 8.82. The van der Waals surface area contributed by atoms with Crippen molar-refractivity contribution in [2.24, 2.45) is 0 Å². The normalized spacial score (nSPS) is 9.73. The minimum Gasteiger partial charge on any atom is -0.504 e. The standard InChI is InChI=1S/C11H14O4/c1-3-5-10(13)15-11-8(12)6-4-7-9(11)14-2/h4,6-7,12H,3,5H2,1-2H3. The molecule has 1 aromatic rings. The second kappa shape index (κ2) is 5.24. The molecule has 0 unspecified atom stereocenters. The van der Waals surface area contributed by atoms with Gasteiger partial charge < -0.3 is 14.6 Å². The van der Waals surface area contributed by atoms with Crippen LogP contribution in [0.15, 0.2) is 18.2 Å². The van der Waals surface area contributed by atoms with Crippen molar-refractivity contribution in [1.82, 2.24) is 0 Å². The summed E-state index contributed by atoms with van der Waals surface area (Å²) >= 11 is 0. The number of benzene rings is 1. The lowest BCUT2D eigenvalue weighted by Gasteiger charge is -2.09. The van der Waals surface area contributed by atoms with Crippen molar-refractivity contribution in [1.29, 1.82) is 0 Å². The molecule has 1 rings (SSSR count). The molecule has 0 aliphatic carbocycles. The van der Waals surface area contributed by atoms with Gasteiger partial charge in [0.25, 0.3) is 0 Å². The van der Waals surface area contributed by atoms with Crippen LogP contribution in [-0.2, 0) is 4.79 Å². The van der Waals surface area contributed by atoms with Gasteiger partial charge in [-0.05, 0) is 18.6 Å². The van der Waals surface area contributed by atoms with Crippen molar-refractivity contribution in [3.8, 4) is 17.2 Å². The Hall–Kier alpha value is -1.71. The predicted molar refractivity (Wildman–Crippen MR) is 55.2 cm³/mol. The molecule has 4 nitrogen and oxygen atoms in total. The van der Waals surface area contributed by atoms with Crippen LogP contribution in [0.4, 0.5) is 0 Å². The van der Waals surface area contributed by atoms with Crippen LogP contribution in [0.2, 0.25) is 0 Å². The number of ether oxygens (including phenoxy) is 2. The molecular formula is C11H14O4. The fourth-order valence-corrected chi connectivity index (χ4v) is 1.14. The SMILES string of the molecule is CCCC(=O)Oc1c(O)cccc1OC. The van der Waals surface area contributed by atoms with Gasteiger partial charge in [-0.15, -0.1) is 0 Å². The fraction of sp³-hybridized carbons (Fsp3) is 0.364. The molecule has 0 aliphatic rings. The lowest BCUT2D eigenvalue weighted by molar-refractivity contribution is -0.134. The molecule has 0 aromatic heterocycles. The number of carbonyl (C=O) groups excluding carboxylic acids is 1. The minimum absolute atomic E-state index is 0.0819. The lowest BCUT2D eigenvalue weighted by Crippen LogP contribution is -2.07. The maximum atomic E-state index is 11.2. The number of hydrogen-bond acceptors (Lipinski definition) is 4. The molecular weight excluding hydrogens is 196 g/mol. The molecule has 4 heteroatoms. The molecule has 15 heavy (non-hydrogen) atoms. The molecule has 0 saturated carbocycles. The molecule has 82 valence electrons. The summed E-state index contributed by atoms with van der Waals surface area (Å²) in [5.41, 5.74) is 0. The molecule has 0 atom stereocenters. The van der Waals surface area contributed by atoms with E-state index in [4.69, 9.17) is 9.47 Å². The number of carbonyl (C=O) groups is 1. The van der Waals surface area contributed by atoms with Crippen LogP contribution in [0.5, 0.6) is 17.2 Å². The Morgan fingerprint density at radius 2 is 2.20 bits per heavy atom. The number of methoxy groups -OCH3 is 1. The van der Waals surface area contributed by atoms with E-state index in [0.717, 1.165) is 0 Å². The minimum atomic E-state index is -0.377. The second-order valence-corrected chi connectivity index (χ2v) is 3.03. The number of para-hydroxylation sites is 1. The van der Waals surface area contributed by atoms with Crippen LogP contribution in [0, 0.1) is 0 Å². The highest BCUT2D eigenvalue weighted by Gasteiger charge is 2.13. The van der Waals surface area contributed by atoms with E-state index in [-0.39, 0.29) is 17.5 Å². The van der Waals surface area contributed by atoms with E-state index in [1.165, 1.54) is 13.2 Å². The molecule has 0 amide bonds. The zero-order valence-corrected chi connectivity index (χ0v) is 8.82. The molecule has 0 heterocycles. The molecule has 0 fully saturated rings. The lowest BCUT2D eigenvalue weighted by atomic mass is 10.3. The molecule has 0 radical (unpaired) electrons. The van der Waals surface area contributed by atoms with Gasteiger partial charge in [0, 0.05) is 6.42 Å². The molecule has 0 spiro atoms. The van der Waals surface area contributed by atoms with E-state index in [9.17, 15) is 9.90 Å². The third-order valence-corrected chi connectivity index (χ3v) is 1.85. The molecule has 0 bridgehead atoms. The predicted octanol–water partition coefficient (Wildman–Crippen LogP) is 2.11. The van der Waals surface area contributed by atoms with Crippen LogP contribution in [-0.4, -0.2) is 18.2 Å². The number of phenols is 1. The highest BCUT2D eigenvalue weighted by Crippen LogP contribution is 2.36. The van der Waals surface area contributed by atoms with Crippen LogP contribution >= 0.6 is 0 Å². The average molecular weight is 210 g/mol. The van der Waals surface area contributed by atoms with Gasteiger partial charge in [-0.3, -0.25) is 4.79 Å². The third-order valence-electron chi connectivity index (χ3n) is 1.85. The van der Waals surface area contributed by atoms with E-state index in [1.807, 2.05) is 6.92 Å². The van der Waals surface area contributed by atoms with Gasteiger partial charge in [0.05, 0.1) is 7.11 Å². The number of rotatable bonds is 4. The van der Waals surface area contributed by atoms with Crippen molar-refractivity contribution >= 4 is 5.97 Å². The number of aromatic hydroxyl groups is 1. The monoisotopic (exact) mass is 210 g/mol. The van der Waals surface area contributed by atoms with Gasteiger partial charge in [-0.2, -0.15) is 0 Å². The van der Waals surface area contributed by atoms with Crippen molar-refractivity contribution in [2.75, 3.05) is 7.11 Å². The Labute approximate surface area is 88.4 Å². The third kappa shape index (κ3) is 2.87. The van der Waals surface area contributed by atoms with Crippen molar-refractivity contribution in [2.45, 2.75) is 19.8 Å². The Morgan fingerprint density at radius 3 is 2.80 bits per heavy atom. The van der Waals surface area contributed by atoms with Gasteiger partial charge in [-0.25, -0.2) is 0 Å². The van der Waals surface area contributed by atoms with E-state index >= 15 is 0 Å². The Kier molecular flexibility index (Phi) is 3.97. The van der Waals surface area contributed by atoms with Gasteiger partial charge in [0.2, 0.25) is 5.75 Å². The summed E-state index contributed by atoms with van der Waals surface area (Å²) in [7, 11) is 1.45. The van der Waals surface area contributed by atoms with E-state index in [2.05, 4.69) is 0 Å². The van der Waals surface area contributed by atoms with Crippen molar-refractivity contribution in [3.63, 3.8) is 0 Å².